The molecule has 0 spiro atoms. The van der Waals surface area contributed by atoms with Crippen molar-refractivity contribution in [3.8, 4) is 22.9 Å². The summed E-state index contributed by atoms with van der Waals surface area (Å²) in [5, 5.41) is 18.1. The normalized spacial score (nSPS) is 16.8. The van der Waals surface area contributed by atoms with Crippen LogP contribution in [0.5, 0.6) is 11.5 Å². The van der Waals surface area contributed by atoms with E-state index in [-0.39, 0.29) is 5.75 Å². The Hall–Kier alpha value is -2.86. The first-order chi connectivity index (χ1) is 12.6. The highest BCUT2D eigenvalue weighted by Crippen LogP contribution is 2.32. The lowest BCUT2D eigenvalue weighted by Crippen LogP contribution is -2.23. The van der Waals surface area contributed by atoms with Crippen molar-refractivity contribution in [2.75, 3.05) is 25.5 Å². The fourth-order valence-corrected chi connectivity index (χ4v) is 3.27. The third-order valence-corrected chi connectivity index (χ3v) is 4.70. The van der Waals surface area contributed by atoms with Crippen molar-refractivity contribution in [3.63, 3.8) is 0 Å². The van der Waals surface area contributed by atoms with Crippen molar-refractivity contribution in [1.82, 2.24) is 15.3 Å². The van der Waals surface area contributed by atoms with Crippen LogP contribution < -0.4 is 15.4 Å². The van der Waals surface area contributed by atoms with Crippen LogP contribution in [0.3, 0.4) is 0 Å². The lowest BCUT2D eigenvalue weighted by Gasteiger charge is -2.16. The van der Waals surface area contributed by atoms with Crippen LogP contribution in [0.2, 0.25) is 0 Å². The number of methoxy groups -OCH3 is 1. The number of aryl methyl sites for hydroxylation is 1. The summed E-state index contributed by atoms with van der Waals surface area (Å²) >= 11 is 0. The van der Waals surface area contributed by atoms with Gasteiger partial charge in [-0.3, -0.25) is 0 Å². The molecule has 0 radical (unpaired) electrons. The highest BCUT2D eigenvalue weighted by molar-refractivity contribution is 5.92. The zero-order valence-corrected chi connectivity index (χ0v) is 14.9. The summed E-state index contributed by atoms with van der Waals surface area (Å²) in [5.41, 5.74) is 2.45. The molecule has 2 aromatic carbocycles. The maximum atomic E-state index is 10.3. The molecule has 0 unspecified atom stereocenters. The van der Waals surface area contributed by atoms with E-state index in [2.05, 4.69) is 15.6 Å². The third-order valence-electron chi connectivity index (χ3n) is 4.70. The number of rotatable bonds is 4. The van der Waals surface area contributed by atoms with Crippen LogP contribution >= 0.6 is 0 Å². The maximum Gasteiger partial charge on any atom is 0.165 e. The van der Waals surface area contributed by atoms with E-state index in [0.29, 0.717) is 17.4 Å². The molecule has 3 aromatic rings. The number of nitrogens with one attached hydrogen (secondary N) is 2. The summed E-state index contributed by atoms with van der Waals surface area (Å²) in [6.45, 7) is 3.89. The molecule has 1 fully saturated rings. The molecule has 1 saturated heterocycles. The molecule has 6 nitrogen and oxygen atoms in total. The van der Waals surface area contributed by atoms with Gasteiger partial charge in [-0.05, 0) is 44.2 Å². The molecule has 1 atom stereocenters. The number of ether oxygens (including phenoxy) is 1. The minimum atomic E-state index is 0.173. The van der Waals surface area contributed by atoms with E-state index in [9.17, 15) is 5.11 Å². The number of aromatic hydroxyl groups is 1. The fourth-order valence-electron chi connectivity index (χ4n) is 3.27. The molecule has 2 heterocycles. The van der Waals surface area contributed by atoms with Gasteiger partial charge < -0.3 is 20.5 Å². The zero-order chi connectivity index (χ0) is 18.1. The lowest BCUT2D eigenvalue weighted by atomic mass is 10.1. The molecule has 0 bridgehead atoms. The SMILES string of the molecule is COc1ccc2c(N[C@H]3CCNC3)nc(-c3cc(C)ccc3O)nc2c1. The van der Waals surface area contributed by atoms with E-state index in [1.165, 1.54) is 0 Å². The van der Waals surface area contributed by atoms with Crippen molar-refractivity contribution in [2.45, 2.75) is 19.4 Å². The largest absolute Gasteiger partial charge is 0.507 e. The van der Waals surface area contributed by atoms with Crippen molar-refractivity contribution in [2.24, 2.45) is 0 Å². The van der Waals surface area contributed by atoms with Gasteiger partial charge in [0.1, 0.15) is 17.3 Å². The molecule has 134 valence electrons. The van der Waals surface area contributed by atoms with Gasteiger partial charge in [0.15, 0.2) is 5.82 Å². The first-order valence-electron chi connectivity index (χ1n) is 8.77. The number of hydrogen-bond acceptors (Lipinski definition) is 6. The van der Waals surface area contributed by atoms with Crippen LogP contribution in [0.1, 0.15) is 12.0 Å². The topological polar surface area (TPSA) is 79.3 Å². The van der Waals surface area contributed by atoms with Crippen LogP contribution in [0, 0.1) is 6.92 Å². The van der Waals surface area contributed by atoms with Gasteiger partial charge in [-0.2, -0.15) is 0 Å². The fraction of sp³-hybridized carbons (Fsp3) is 0.300. The van der Waals surface area contributed by atoms with Crippen LogP contribution in [0.25, 0.3) is 22.3 Å². The molecular formula is C20H22N4O2. The Bertz CT molecular complexity index is 952. The molecule has 0 aliphatic carbocycles. The van der Waals surface area contributed by atoms with Crippen molar-refractivity contribution in [3.05, 3.63) is 42.0 Å². The molecule has 1 aliphatic rings. The molecule has 0 saturated carbocycles. The van der Waals surface area contributed by atoms with Crippen LogP contribution in [0.15, 0.2) is 36.4 Å². The predicted octanol–water partition coefficient (Wildman–Crippen LogP) is 3.09. The van der Waals surface area contributed by atoms with Gasteiger partial charge in [0.2, 0.25) is 0 Å². The van der Waals surface area contributed by atoms with E-state index in [1.807, 2.05) is 37.3 Å². The van der Waals surface area contributed by atoms with Crippen molar-refractivity contribution in [1.29, 1.82) is 0 Å². The summed E-state index contributed by atoms with van der Waals surface area (Å²) in [4.78, 5) is 9.43. The number of nitrogens with zero attached hydrogens (tertiary/aromatic N) is 2. The van der Waals surface area contributed by atoms with Gasteiger partial charge in [-0.1, -0.05) is 11.6 Å². The monoisotopic (exact) mass is 350 g/mol. The Kier molecular flexibility index (Phi) is 4.34. The van der Waals surface area contributed by atoms with Crippen molar-refractivity contribution < 1.29 is 9.84 Å². The van der Waals surface area contributed by atoms with Crippen LogP contribution in [0.4, 0.5) is 5.82 Å². The Morgan fingerprint density at radius 2 is 2.08 bits per heavy atom. The number of anilines is 1. The minimum Gasteiger partial charge on any atom is -0.507 e. The maximum absolute atomic E-state index is 10.3. The van der Waals surface area contributed by atoms with E-state index >= 15 is 0 Å². The number of benzene rings is 2. The van der Waals surface area contributed by atoms with E-state index in [1.54, 1.807) is 13.2 Å². The van der Waals surface area contributed by atoms with Gasteiger partial charge in [0.05, 0.1) is 18.2 Å². The molecule has 3 N–H and O–H groups in total. The quantitative estimate of drug-likeness (QED) is 0.671. The third kappa shape index (κ3) is 3.15. The van der Waals surface area contributed by atoms with Crippen LogP contribution in [-0.4, -0.2) is 41.3 Å². The van der Waals surface area contributed by atoms with Gasteiger partial charge >= 0.3 is 0 Å². The molecule has 1 aliphatic heterocycles. The zero-order valence-electron chi connectivity index (χ0n) is 14.9. The summed E-state index contributed by atoms with van der Waals surface area (Å²) in [6, 6.07) is 11.5. The highest BCUT2D eigenvalue weighted by Gasteiger charge is 2.18. The smallest absolute Gasteiger partial charge is 0.165 e. The number of aromatic nitrogens is 2. The number of phenolic OH excluding ortho intramolecular Hbond substituents is 1. The van der Waals surface area contributed by atoms with Crippen molar-refractivity contribution >= 4 is 16.7 Å². The lowest BCUT2D eigenvalue weighted by molar-refractivity contribution is 0.415. The second-order valence-electron chi connectivity index (χ2n) is 6.63. The molecule has 26 heavy (non-hydrogen) atoms. The summed E-state index contributed by atoms with van der Waals surface area (Å²) < 4.78 is 5.34. The average molecular weight is 350 g/mol. The van der Waals surface area contributed by atoms with Gasteiger partial charge in [0, 0.05) is 24.0 Å². The highest BCUT2D eigenvalue weighted by atomic mass is 16.5. The molecule has 0 amide bonds. The van der Waals surface area contributed by atoms with E-state index < -0.39 is 0 Å². The van der Waals surface area contributed by atoms with Gasteiger partial charge in [-0.15, -0.1) is 0 Å². The first-order valence-corrected chi connectivity index (χ1v) is 8.77. The number of hydrogen-bond donors (Lipinski definition) is 3. The summed E-state index contributed by atoms with van der Waals surface area (Å²) in [6.07, 6.45) is 1.05. The van der Waals surface area contributed by atoms with Gasteiger partial charge in [-0.25, -0.2) is 9.97 Å². The second kappa shape index (κ2) is 6.80. The standard InChI is InChI=1S/C20H22N4O2/c1-12-3-6-18(25)16(9-12)20-23-17-10-14(26-2)4-5-15(17)19(24-20)22-13-7-8-21-11-13/h3-6,9-10,13,21,25H,7-8,11H2,1-2H3,(H,22,23,24)/t13-/m0/s1. The van der Waals surface area contributed by atoms with E-state index in [0.717, 1.165) is 47.5 Å². The number of fused-ring (bicyclic) bond motifs is 1. The molecule has 4 rings (SSSR count). The Labute approximate surface area is 152 Å². The molecule has 1 aromatic heterocycles. The molecule has 6 heteroatoms. The van der Waals surface area contributed by atoms with E-state index in [4.69, 9.17) is 9.72 Å². The minimum absolute atomic E-state index is 0.173. The number of phenols is 1. The predicted molar refractivity (Wildman–Crippen MR) is 103 cm³/mol. The Morgan fingerprint density at radius 3 is 2.85 bits per heavy atom. The summed E-state index contributed by atoms with van der Waals surface area (Å²) in [7, 11) is 1.64. The average Bonchev–Trinajstić information content (AvgIpc) is 3.16. The second-order valence-corrected chi connectivity index (χ2v) is 6.63. The Morgan fingerprint density at radius 1 is 1.19 bits per heavy atom. The van der Waals surface area contributed by atoms with Gasteiger partial charge in [0.25, 0.3) is 0 Å². The first kappa shape index (κ1) is 16.6. The molecular weight excluding hydrogens is 328 g/mol. The Balaban J connectivity index is 1.88. The van der Waals surface area contributed by atoms with Crippen LogP contribution in [-0.2, 0) is 0 Å². The summed E-state index contributed by atoms with van der Waals surface area (Å²) in [5.74, 6) is 2.19.